The standard InChI is InChI=1S/C14H16ClN3O/c1-10(13-16-8-9-17-13)14(19)18-7-6-11-2-4-12(15)5-3-11/h2-5,8-10H,6-7H2,1H3,(H,16,17)(H,18,19). The molecule has 19 heavy (non-hydrogen) atoms. The summed E-state index contributed by atoms with van der Waals surface area (Å²) < 4.78 is 0. The molecule has 0 radical (unpaired) electrons. The van der Waals surface area contributed by atoms with E-state index < -0.39 is 0 Å². The summed E-state index contributed by atoms with van der Waals surface area (Å²) >= 11 is 5.81. The zero-order valence-corrected chi connectivity index (χ0v) is 11.4. The number of carbonyl (C=O) groups is 1. The molecular weight excluding hydrogens is 262 g/mol. The van der Waals surface area contributed by atoms with Crippen molar-refractivity contribution in [3.63, 3.8) is 0 Å². The minimum atomic E-state index is -0.264. The molecule has 0 aliphatic rings. The zero-order valence-electron chi connectivity index (χ0n) is 10.7. The van der Waals surface area contributed by atoms with Crippen LogP contribution in [0, 0.1) is 0 Å². The van der Waals surface area contributed by atoms with Gasteiger partial charge in [0.1, 0.15) is 5.82 Å². The molecule has 1 aromatic heterocycles. The van der Waals surface area contributed by atoms with Crippen LogP contribution in [0.5, 0.6) is 0 Å². The van der Waals surface area contributed by atoms with Crippen molar-refractivity contribution in [2.24, 2.45) is 0 Å². The average Bonchev–Trinajstić information content (AvgIpc) is 2.94. The van der Waals surface area contributed by atoms with Gasteiger partial charge in [0, 0.05) is 24.0 Å². The summed E-state index contributed by atoms with van der Waals surface area (Å²) in [6, 6.07) is 7.63. The number of aromatic nitrogens is 2. The number of nitrogens with zero attached hydrogens (tertiary/aromatic N) is 1. The van der Waals surface area contributed by atoms with Gasteiger partial charge in [-0.1, -0.05) is 23.7 Å². The molecule has 0 saturated heterocycles. The number of nitrogens with one attached hydrogen (secondary N) is 2. The predicted molar refractivity (Wildman–Crippen MR) is 75.2 cm³/mol. The van der Waals surface area contributed by atoms with E-state index in [2.05, 4.69) is 15.3 Å². The maximum absolute atomic E-state index is 11.9. The number of carbonyl (C=O) groups excluding carboxylic acids is 1. The van der Waals surface area contributed by atoms with Gasteiger partial charge in [0.2, 0.25) is 5.91 Å². The minimum Gasteiger partial charge on any atom is -0.355 e. The number of H-pyrrole nitrogens is 1. The van der Waals surface area contributed by atoms with E-state index in [1.54, 1.807) is 12.4 Å². The van der Waals surface area contributed by atoms with Crippen LogP contribution in [0.2, 0.25) is 5.02 Å². The van der Waals surface area contributed by atoms with Crippen LogP contribution in [0.3, 0.4) is 0 Å². The summed E-state index contributed by atoms with van der Waals surface area (Å²) in [6.45, 7) is 2.43. The van der Waals surface area contributed by atoms with Crippen LogP contribution in [-0.4, -0.2) is 22.4 Å². The summed E-state index contributed by atoms with van der Waals surface area (Å²) in [6.07, 6.45) is 4.15. The first-order valence-corrected chi connectivity index (χ1v) is 6.56. The largest absolute Gasteiger partial charge is 0.355 e. The molecule has 2 aromatic rings. The van der Waals surface area contributed by atoms with Crippen molar-refractivity contribution < 1.29 is 4.79 Å². The van der Waals surface area contributed by atoms with Crippen LogP contribution in [0.15, 0.2) is 36.7 Å². The average molecular weight is 278 g/mol. The molecule has 1 amide bonds. The molecule has 0 aliphatic heterocycles. The van der Waals surface area contributed by atoms with Gasteiger partial charge in [0.15, 0.2) is 0 Å². The van der Waals surface area contributed by atoms with E-state index in [1.807, 2.05) is 31.2 Å². The molecule has 2 rings (SSSR count). The van der Waals surface area contributed by atoms with Gasteiger partial charge in [-0.05, 0) is 31.0 Å². The van der Waals surface area contributed by atoms with Gasteiger partial charge >= 0.3 is 0 Å². The van der Waals surface area contributed by atoms with Gasteiger partial charge in [-0.15, -0.1) is 0 Å². The maximum atomic E-state index is 11.9. The molecule has 1 aromatic carbocycles. The van der Waals surface area contributed by atoms with Crippen LogP contribution in [0.25, 0.3) is 0 Å². The van der Waals surface area contributed by atoms with Crippen molar-refractivity contribution in [3.8, 4) is 0 Å². The lowest BCUT2D eigenvalue weighted by Gasteiger charge is -2.10. The number of rotatable bonds is 5. The minimum absolute atomic E-state index is 0.0242. The number of imidazole rings is 1. The van der Waals surface area contributed by atoms with Gasteiger partial charge in [-0.3, -0.25) is 4.79 Å². The normalized spacial score (nSPS) is 12.1. The molecule has 0 bridgehead atoms. The Morgan fingerprint density at radius 2 is 2.16 bits per heavy atom. The number of aromatic amines is 1. The Morgan fingerprint density at radius 1 is 1.42 bits per heavy atom. The summed E-state index contributed by atoms with van der Waals surface area (Å²) in [5.41, 5.74) is 1.15. The number of amides is 1. The third kappa shape index (κ3) is 3.83. The first kappa shape index (κ1) is 13.6. The molecular formula is C14H16ClN3O. The number of benzene rings is 1. The first-order valence-electron chi connectivity index (χ1n) is 6.18. The lowest BCUT2D eigenvalue weighted by atomic mass is 10.1. The maximum Gasteiger partial charge on any atom is 0.230 e. The molecule has 100 valence electrons. The first-order chi connectivity index (χ1) is 9.16. The molecule has 1 heterocycles. The van der Waals surface area contributed by atoms with Crippen molar-refractivity contribution >= 4 is 17.5 Å². The van der Waals surface area contributed by atoms with E-state index in [1.165, 1.54) is 0 Å². The van der Waals surface area contributed by atoms with Crippen molar-refractivity contribution in [2.75, 3.05) is 6.54 Å². The highest BCUT2D eigenvalue weighted by Gasteiger charge is 2.16. The lowest BCUT2D eigenvalue weighted by molar-refractivity contribution is -0.122. The molecule has 0 spiro atoms. The molecule has 0 fully saturated rings. The molecule has 1 atom stereocenters. The highest BCUT2D eigenvalue weighted by atomic mass is 35.5. The fourth-order valence-corrected chi connectivity index (χ4v) is 1.90. The van der Waals surface area contributed by atoms with Crippen LogP contribution < -0.4 is 5.32 Å². The van der Waals surface area contributed by atoms with Gasteiger partial charge < -0.3 is 10.3 Å². The van der Waals surface area contributed by atoms with Crippen molar-refractivity contribution in [1.82, 2.24) is 15.3 Å². The van der Waals surface area contributed by atoms with Gasteiger partial charge in [-0.2, -0.15) is 0 Å². The van der Waals surface area contributed by atoms with E-state index in [-0.39, 0.29) is 11.8 Å². The highest BCUT2D eigenvalue weighted by Crippen LogP contribution is 2.11. The lowest BCUT2D eigenvalue weighted by Crippen LogP contribution is -2.30. The Labute approximate surface area is 117 Å². The smallest absolute Gasteiger partial charge is 0.230 e. The van der Waals surface area contributed by atoms with E-state index in [9.17, 15) is 4.79 Å². The van der Waals surface area contributed by atoms with Crippen LogP contribution in [0.1, 0.15) is 24.2 Å². The summed E-state index contributed by atoms with van der Waals surface area (Å²) in [7, 11) is 0. The Morgan fingerprint density at radius 3 is 2.79 bits per heavy atom. The van der Waals surface area contributed by atoms with Crippen molar-refractivity contribution in [3.05, 3.63) is 53.1 Å². The third-order valence-corrected chi connectivity index (χ3v) is 3.20. The Balaban J connectivity index is 1.79. The van der Waals surface area contributed by atoms with Crippen LogP contribution in [-0.2, 0) is 11.2 Å². The molecule has 4 nitrogen and oxygen atoms in total. The Bertz CT molecular complexity index is 522. The summed E-state index contributed by atoms with van der Waals surface area (Å²) in [5.74, 6) is 0.396. The van der Waals surface area contributed by atoms with E-state index in [0.717, 1.165) is 17.0 Å². The fraction of sp³-hybridized carbons (Fsp3) is 0.286. The number of hydrogen-bond donors (Lipinski definition) is 2. The van der Waals surface area contributed by atoms with E-state index >= 15 is 0 Å². The second-order valence-electron chi connectivity index (χ2n) is 4.36. The molecule has 1 unspecified atom stereocenters. The van der Waals surface area contributed by atoms with Crippen LogP contribution >= 0.6 is 11.6 Å². The Kier molecular flexibility index (Phi) is 4.58. The molecule has 0 saturated carbocycles. The van der Waals surface area contributed by atoms with Gasteiger partial charge in [0.05, 0.1) is 5.92 Å². The highest BCUT2D eigenvalue weighted by molar-refractivity contribution is 6.30. The van der Waals surface area contributed by atoms with E-state index in [4.69, 9.17) is 11.6 Å². The fourth-order valence-electron chi connectivity index (χ4n) is 1.77. The quantitative estimate of drug-likeness (QED) is 0.882. The van der Waals surface area contributed by atoms with Gasteiger partial charge in [0.25, 0.3) is 0 Å². The SMILES string of the molecule is CC(C(=O)NCCc1ccc(Cl)cc1)c1ncc[nH]1. The molecule has 5 heteroatoms. The monoisotopic (exact) mass is 277 g/mol. The predicted octanol–water partition coefficient (Wildman–Crippen LogP) is 2.53. The topological polar surface area (TPSA) is 57.8 Å². The second-order valence-corrected chi connectivity index (χ2v) is 4.80. The van der Waals surface area contributed by atoms with Crippen molar-refractivity contribution in [1.29, 1.82) is 0 Å². The summed E-state index contributed by atoms with van der Waals surface area (Å²) in [5, 5.41) is 3.62. The van der Waals surface area contributed by atoms with Gasteiger partial charge in [-0.25, -0.2) is 4.98 Å². The number of hydrogen-bond acceptors (Lipinski definition) is 2. The third-order valence-electron chi connectivity index (χ3n) is 2.95. The second kappa shape index (κ2) is 6.38. The zero-order chi connectivity index (χ0) is 13.7. The number of halogens is 1. The molecule has 2 N–H and O–H groups in total. The van der Waals surface area contributed by atoms with Crippen molar-refractivity contribution in [2.45, 2.75) is 19.3 Å². The summed E-state index contributed by atoms with van der Waals surface area (Å²) in [4.78, 5) is 18.9. The Hall–Kier alpha value is -1.81. The van der Waals surface area contributed by atoms with Crippen LogP contribution in [0.4, 0.5) is 0 Å². The molecule has 0 aliphatic carbocycles. The van der Waals surface area contributed by atoms with E-state index in [0.29, 0.717) is 12.4 Å².